The molecule has 1 aliphatic rings. The molecule has 15 heavy (non-hydrogen) atoms. The van der Waals surface area contributed by atoms with E-state index in [1.54, 1.807) is 0 Å². The zero-order valence-electron chi connectivity index (χ0n) is 9.85. The molecule has 1 unspecified atom stereocenters. The number of nitrogens with one attached hydrogen (secondary N) is 2. The molecule has 0 radical (unpaired) electrons. The van der Waals surface area contributed by atoms with E-state index in [0.717, 1.165) is 25.9 Å². The summed E-state index contributed by atoms with van der Waals surface area (Å²) in [5.41, 5.74) is 0. The molecule has 1 aliphatic heterocycles. The van der Waals surface area contributed by atoms with Gasteiger partial charge in [0.2, 0.25) is 5.91 Å². The lowest BCUT2D eigenvalue weighted by Crippen LogP contribution is -2.53. The molecule has 0 aliphatic carbocycles. The molecule has 3 heteroatoms. The highest BCUT2D eigenvalue weighted by Gasteiger charge is 2.23. The fourth-order valence-corrected chi connectivity index (χ4v) is 1.75. The van der Waals surface area contributed by atoms with E-state index in [1.807, 2.05) is 0 Å². The lowest BCUT2D eigenvalue weighted by molar-refractivity contribution is -0.124. The summed E-state index contributed by atoms with van der Waals surface area (Å²) in [5, 5.41) is 6.08. The number of rotatable bonds is 8. The first kappa shape index (κ1) is 12.5. The monoisotopic (exact) mass is 212 g/mol. The maximum Gasteiger partial charge on any atom is 0.237 e. The Morgan fingerprint density at radius 2 is 1.93 bits per heavy atom. The SMILES string of the molecule is CCCCCCCCNC(=O)C1CCN1. The fourth-order valence-electron chi connectivity index (χ4n) is 1.75. The molecule has 1 atom stereocenters. The van der Waals surface area contributed by atoms with Gasteiger partial charge in [-0.3, -0.25) is 4.79 Å². The number of carbonyl (C=O) groups is 1. The molecule has 1 rings (SSSR count). The Hall–Kier alpha value is -0.570. The molecule has 1 fully saturated rings. The van der Waals surface area contributed by atoms with Crippen LogP contribution in [-0.4, -0.2) is 25.0 Å². The molecule has 1 amide bonds. The average molecular weight is 212 g/mol. The van der Waals surface area contributed by atoms with E-state index >= 15 is 0 Å². The lowest BCUT2D eigenvalue weighted by Gasteiger charge is -2.26. The van der Waals surface area contributed by atoms with E-state index in [4.69, 9.17) is 0 Å². The molecule has 0 spiro atoms. The minimum absolute atomic E-state index is 0.102. The summed E-state index contributed by atoms with van der Waals surface area (Å²) in [7, 11) is 0. The first-order chi connectivity index (χ1) is 7.34. The Kier molecular flexibility index (Phi) is 6.41. The second-order valence-electron chi connectivity index (χ2n) is 4.35. The first-order valence-corrected chi connectivity index (χ1v) is 6.35. The Labute approximate surface area is 93.0 Å². The third-order valence-corrected chi connectivity index (χ3v) is 2.97. The van der Waals surface area contributed by atoms with Crippen molar-refractivity contribution < 1.29 is 4.79 Å². The van der Waals surface area contributed by atoms with E-state index in [2.05, 4.69) is 17.6 Å². The van der Waals surface area contributed by atoms with Crippen LogP contribution in [0, 0.1) is 0 Å². The number of carbonyl (C=O) groups excluding carboxylic acids is 1. The molecular formula is C12H24N2O. The smallest absolute Gasteiger partial charge is 0.237 e. The summed E-state index contributed by atoms with van der Waals surface area (Å²) in [6.45, 7) is 4.07. The highest BCUT2D eigenvalue weighted by Crippen LogP contribution is 2.05. The van der Waals surface area contributed by atoms with Crippen molar-refractivity contribution in [1.29, 1.82) is 0 Å². The van der Waals surface area contributed by atoms with E-state index in [0.29, 0.717) is 0 Å². The van der Waals surface area contributed by atoms with Gasteiger partial charge in [0.05, 0.1) is 6.04 Å². The summed E-state index contributed by atoms with van der Waals surface area (Å²) in [6.07, 6.45) is 8.67. The van der Waals surface area contributed by atoms with Crippen molar-refractivity contribution in [2.45, 2.75) is 57.9 Å². The van der Waals surface area contributed by atoms with Gasteiger partial charge in [-0.05, 0) is 19.4 Å². The van der Waals surface area contributed by atoms with E-state index in [-0.39, 0.29) is 11.9 Å². The van der Waals surface area contributed by atoms with Gasteiger partial charge < -0.3 is 10.6 Å². The molecule has 0 aromatic rings. The number of amides is 1. The standard InChI is InChI=1S/C12H24N2O/c1-2-3-4-5-6-7-9-14-12(15)11-8-10-13-11/h11,13H,2-10H2,1H3,(H,14,15). The third kappa shape index (κ3) is 5.17. The molecule has 0 bridgehead atoms. The fraction of sp³-hybridized carbons (Fsp3) is 0.917. The van der Waals surface area contributed by atoms with Gasteiger partial charge in [-0.15, -0.1) is 0 Å². The Bertz CT molecular complexity index is 178. The van der Waals surface area contributed by atoms with Crippen LogP contribution in [0.3, 0.4) is 0 Å². The molecule has 1 heterocycles. The van der Waals surface area contributed by atoms with Gasteiger partial charge >= 0.3 is 0 Å². The van der Waals surface area contributed by atoms with Gasteiger partial charge in [0.1, 0.15) is 0 Å². The van der Waals surface area contributed by atoms with Gasteiger partial charge in [-0.1, -0.05) is 39.0 Å². The Morgan fingerprint density at radius 1 is 1.27 bits per heavy atom. The zero-order valence-corrected chi connectivity index (χ0v) is 9.85. The van der Waals surface area contributed by atoms with Crippen LogP contribution in [0.5, 0.6) is 0 Å². The van der Waals surface area contributed by atoms with Crippen LogP contribution >= 0.6 is 0 Å². The Morgan fingerprint density at radius 3 is 2.53 bits per heavy atom. The van der Waals surface area contributed by atoms with Crippen molar-refractivity contribution in [3.63, 3.8) is 0 Å². The maximum absolute atomic E-state index is 11.4. The molecule has 2 N–H and O–H groups in total. The van der Waals surface area contributed by atoms with Crippen LogP contribution in [0.15, 0.2) is 0 Å². The summed E-state index contributed by atoms with van der Waals surface area (Å²) >= 11 is 0. The van der Waals surface area contributed by atoms with Crippen LogP contribution in [0.25, 0.3) is 0 Å². The molecule has 88 valence electrons. The number of hydrogen-bond acceptors (Lipinski definition) is 2. The van der Waals surface area contributed by atoms with Crippen molar-refractivity contribution in [1.82, 2.24) is 10.6 Å². The van der Waals surface area contributed by atoms with Gasteiger partial charge in [0.25, 0.3) is 0 Å². The van der Waals surface area contributed by atoms with Crippen LogP contribution < -0.4 is 10.6 Å². The van der Waals surface area contributed by atoms with Gasteiger partial charge in [-0.2, -0.15) is 0 Å². The maximum atomic E-state index is 11.4. The Balaban J connectivity index is 1.81. The molecular weight excluding hydrogens is 188 g/mol. The van der Waals surface area contributed by atoms with Crippen LogP contribution in [0.1, 0.15) is 51.9 Å². The number of unbranched alkanes of at least 4 members (excludes halogenated alkanes) is 5. The summed E-state index contributed by atoms with van der Waals surface area (Å²) in [5.74, 6) is 0.190. The minimum atomic E-state index is 0.102. The predicted octanol–water partition coefficient (Wildman–Crippen LogP) is 1.82. The molecule has 0 aromatic carbocycles. The van der Waals surface area contributed by atoms with Crippen molar-refractivity contribution in [3.8, 4) is 0 Å². The normalized spacial score (nSPS) is 19.7. The first-order valence-electron chi connectivity index (χ1n) is 6.35. The van der Waals surface area contributed by atoms with Gasteiger partial charge in [0.15, 0.2) is 0 Å². The van der Waals surface area contributed by atoms with Gasteiger partial charge in [0, 0.05) is 6.54 Å². The van der Waals surface area contributed by atoms with Crippen molar-refractivity contribution in [2.75, 3.05) is 13.1 Å². The van der Waals surface area contributed by atoms with Gasteiger partial charge in [-0.25, -0.2) is 0 Å². The molecule has 0 saturated carbocycles. The largest absolute Gasteiger partial charge is 0.355 e. The minimum Gasteiger partial charge on any atom is -0.355 e. The molecule has 1 saturated heterocycles. The predicted molar refractivity (Wildman–Crippen MR) is 62.8 cm³/mol. The van der Waals surface area contributed by atoms with Crippen LogP contribution in [-0.2, 0) is 4.79 Å². The van der Waals surface area contributed by atoms with Crippen molar-refractivity contribution in [2.24, 2.45) is 0 Å². The van der Waals surface area contributed by atoms with E-state index in [1.165, 1.54) is 32.1 Å². The second-order valence-corrected chi connectivity index (χ2v) is 4.35. The topological polar surface area (TPSA) is 41.1 Å². The van der Waals surface area contributed by atoms with Crippen LogP contribution in [0.2, 0.25) is 0 Å². The lowest BCUT2D eigenvalue weighted by atomic mass is 10.1. The van der Waals surface area contributed by atoms with Crippen molar-refractivity contribution >= 4 is 5.91 Å². The highest BCUT2D eigenvalue weighted by atomic mass is 16.2. The quantitative estimate of drug-likeness (QED) is 0.603. The number of hydrogen-bond donors (Lipinski definition) is 2. The van der Waals surface area contributed by atoms with E-state index in [9.17, 15) is 4.79 Å². The second kappa shape index (κ2) is 7.69. The highest BCUT2D eigenvalue weighted by molar-refractivity contribution is 5.82. The summed E-state index contributed by atoms with van der Waals surface area (Å²) in [4.78, 5) is 11.4. The third-order valence-electron chi connectivity index (χ3n) is 2.97. The van der Waals surface area contributed by atoms with E-state index < -0.39 is 0 Å². The molecule has 0 aromatic heterocycles. The zero-order chi connectivity index (χ0) is 10.9. The van der Waals surface area contributed by atoms with Crippen molar-refractivity contribution in [3.05, 3.63) is 0 Å². The summed E-state index contributed by atoms with van der Waals surface area (Å²) in [6, 6.07) is 0.102. The summed E-state index contributed by atoms with van der Waals surface area (Å²) < 4.78 is 0. The molecule has 3 nitrogen and oxygen atoms in total. The van der Waals surface area contributed by atoms with Crippen LogP contribution in [0.4, 0.5) is 0 Å². The average Bonchev–Trinajstić information content (AvgIpc) is 2.14.